The zero-order valence-electron chi connectivity index (χ0n) is 14.6. The Bertz CT molecular complexity index is 805. The number of aliphatic carboxylic acids is 1. The predicted molar refractivity (Wildman–Crippen MR) is 90.3 cm³/mol. The molecule has 0 aliphatic carbocycles. The largest absolute Gasteiger partial charge is 0.480 e. The molecule has 0 bridgehead atoms. The number of hydrogen-bond acceptors (Lipinski definition) is 4. The summed E-state index contributed by atoms with van der Waals surface area (Å²) < 4.78 is 37.4. The van der Waals surface area contributed by atoms with Crippen molar-refractivity contribution >= 4 is 29.2 Å². The van der Waals surface area contributed by atoms with E-state index in [0.717, 1.165) is 16.1 Å². The Morgan fingerprint density at radius 2 is 1.96 bits per heavy atom. The number of carbonyl (C=O) groups is 3. The van der Waals surface area contributed by atoms with Crippen molar-refractivity contribution in [3.05, 3.63) is 29.3 Å². The first-order valence-corrected chi connectivity index (χ1v) is 8.06. The van der Waals surface area contributed by atoms with Gasteiger partial charge in [-0.1, -0.05) is 12.1 Å². The van der Waals surface area contributed by atoms with Gasteiger partial charge in [0.25, 0.3) is 5.91 Å². The third-order valence-electron chi connectivity index (χ3n) is 3.93. The first-order chi connectivity index (χ1) is 12.5. The van der Waals surface area contributed by atoms with E-state index in [9.17, 15) is 27.6 Å². The van der Waals surface area contributed by atoms with Crippen molar-refractivity contribution in [2.45, 2.75) is 45.3 Å². The minimum absolute atomic E-state index is 0.0728. The Hall–Kier alpha value is -2.91. The second-order valence-corrected chi connectivity index (χ2v) is 6.23. The molecule has 146 valence electrons. The van der Waals surface area contributed by atoms with Crippen molar-refractivity contribution in [2.75, 3.05) is 5.01 Å². The highest BCUT2D eigenvalue weighted by Crippen LogP contribution is 2.26. The molecule has 1 atom stereocenters. The Labute approximate surface area is 152 Å². The van der Waals surface area contributed by atoms with E-state index >= 15 is 0 Å². The molecule has 2 rings (SSSR count). The standard InChI is InChI=1S/C17H18F3N3O4/c1-9-3-4-10(2)13(7-9)23-14(24)6-5-11(22-23)15(25)21-12(16(26)27)8-17(18,19)20/h3-4,7,12H,5-6,8H2,1-2H3,(H,21,25)(H,26,27). The van der Waals surface area contributed by atoms with E-state index in [2.05, 4.69) is 5.10 Å². The van der Waals surface area contributed by atoms with E-state index in [1.54, 1.807) is 19.1 Å². The summed E-state index contributed by atoms with van der Waals surface area (Å²) in [6, 6.07) is 3.17. The summed E-state index contributed by atoms with van der Waals surface area (Å²) >= 11 is 0. The molecule has 2 N–H and O–H groups in total. The topological polar surface area (TPSA) is 99.1 Å². The number of hydrazone groups is 1. The Morgan fingerprint density at radius 3 is 2.56 bits per heavy atom. The highest BCUT2D eigenvalue weighted by atomic mass is 19.4. The zero-order valence-corrected chi connectivity index (χ0v) is 14.6. The van der Waals surface area contributed by atoms with Crippen LogP contribution in [-0.2, 0) is 14.4 Å². The number of aryl methyl sites for hydroxylation is 2. The first kappa shape index (κ1) is 20.4. The van der Waals surface area contributed by atoms with E-state index < -0.39 is 30.5 Å². The maximum atomic E-state index is 12.5. The van der Waals surface area contributed by atoms with Crippen molar-refractivity contribution < 1.29 is 32.7 Å². The average molecular weight is 385 g/mol. The fourth-order valence-corrected chi connectivity index (χ4v) is 2.53. The molecule has 0 aromatic heterocycles. The monoisotopic (exact) mass is 385 g/mol. The van der Waals surface area contributed by atoms with Gasteiger partial charge in [0.2, 0.25) is 5.91 Å². The minimum Gasteiger partial charge on any atom is -0.480 e. The van der Waals surface area contributed by atoms with Gasteiger partial charge in [-0.15, -0.1) is 0 Å². The molecule has 7 nitrogen and oxygen atoms in total. The van der Waals surface area contributed by atoms with Crippen LogP contribution in [0, 0.1) is 13.8 Å². The van der Waals surface area contributed by atoms with Crippen molar-refractivity contribution in [2.24, 2.45) is 5.10 Å². The molecule has 1 aliphatic rings. The van der Waals surface area contributed by atoms with Crippen LogP contribution in [0.1, 0.15) is 30.4 Å². The third kappa shape index (κ3) is 5.28. The summed E-state index contributed by atoms with van der Waals surface area (Å²) in [5, 5.41) is 15.7. The maximum absolute atomic E-state index is 12.5. The molecule has 0 saturated carbocycles. The quantitative estimate of drug-likeness (QED) is 0.813. The first-order valence-electron chi connectivity index (χ1n) is 8.06. The molecular weight excluding hydrogens is 367 g/mol. The van der Waals surface area contributed by atoms with Crippen molar-refractivity contribution in [3.63, 3.8) is 0 Å². The molecule has 0 saturated heterocycles. The van der Waals surface area contributed by atoms with E-state index in [0.29, 0.717) is 5.69 Å². The van der Waals surface area contributed by atoms with Crippen LogP contribution in [0.5, 0.6) is 0 Å². The molecule has 1 aliphatic heterocycles. The van der Waals surface area contributed by atoms with E-state index in [-0.39, 0.29) is 24.5 Å². The van der Waals surface area contributed by atoms with Crippen LogP contribution in [0.25, 0.3) is 0 Å². The van der Waals surface area contributed by atoms with Gasteiger partial charge < -0.3 is 10.4 Å². The van der Waals surface area contributed by atoms with Gasteiger partial charge in [0, 0.05) is 12.8 Å². The molecule has 0 spiro atoms. The van der Waals surface area contributed by atoms with Gasteiger partial charge in [-0.25, -0.2) is 9.80 Å². The van der Waals surface area contributed by atoms with Crippen LogP contribution in [-0.4, -0.2) is 40.8 Å². The summed E-state index contributed by atoms with van der Waals surface area (Å²) in [7, 11) is 0. The molecule has 1 heterocycles. The fraction of sp³-hybridized carbons (Fsp3) is 0.412. The lowest BCUT2D eigenvalue weighted by Gasteiger charge is -2.25. The van der Waals surface area contributed by atoms with E-state index in [1.807, 2.05) is 18.3 Å². The molecule has 10 heteroatoms. The summed E-state index contributed by atoms with van der Waals surface area (Å²) in [4.78, 5) is 35.4. The summed E-state index contributed by atoms with van der Waals surface area (Å²) in [6.07, 6.45) is -6.63. The number of halogens is 3. The van der Waals surface area contributed by atoms with Crippen LogP contribution in [0.15, 0.2) is 23.3 Å². The molecule has 0 fully saturated rings. The Morgan fingerprint density at radius 1 is 1.30 bits per heavy atom. The second-order valence-electron chi connectivity index (χ2n) is 6.23. The summed E-state index contributed by atoms with van der Waals surface area (Å²) in [6.45, 7) is 3.55. The van der Waals surface area contributed by atoms with Crippen molar-refractivity contribution in [1.29, 1.82) is 0 Å². The van der Waals surface area contributed by atoms with E-state index in [1.165, 1.54) is 0 Å². The third-order valence-corrected chi connectivity index (χ3v) is 3.93. The minimum atomic E-state index is -4.76. The molecule has 2 amide bonds. The number of hydrogen-bond donors (Lipinski definition) is 2. The van der Waals surface area contributed by atoms with Gasteiger partial charge in [0.15, 0.2) is 0 Å². The number of nitrogens with zero attached hydrogens (tertiary/aromatic N) is 2. The highest BCUT2D eigenvalue weighted by molar-refractivity contribution is 6.40. The SMILES string of the molecule is Cc1ccc(C)c(N2N=C(C(=O)NC(CC(F)(F)F)C(=O)O)CCC2=O)c1. The smallest absolute Gasteiger partial charge is 0.391 e. The zero-order chi connectivity index (χ0) is 20.4. The highest BCUT2D eigenvalue weighted by Gasteiger charge is 2.37. The maximum Gasteiger partial charge on any atom is 0.391 e. The number of nitrogens with one attached hydrogen (secondary N) is 1. The molecule has 1 aromatic carbocycles. The molecular formula is C17H18F3N3O4. The lowest BCUT2D eigenvalue weighted by Crippen LogP contribution is -2.47. The number of alkyl halides is 3. The second kappa shape index (κ2) is 7.77. The number of rotatable bonds is 5. The van der Waals surface area contributed by atoms with Crippen molar-refractivity contribution in [3.8, 4) is 0 Å². The van der Waals surface area contributed by atoms with Crippen LogP contribution < -0.4 is 10.3 Å². The van der Waals surface area contributed by atoms with Gasteiger partial charge in [-0.05, 0) is 31.0 Å². The van der Waals surface area contributed by atoms with Crippen LogP contribution in [0.3, 0.4) is 0 Å². The van der Waals surface area contributed by atoms with Crippen LogP contribution >= 0.6 is 0 Å². The normalized spacial score (nSPS) is 16.0. The molecule has 1 unspecified atom stereocenters. The molecule has 27 heavy (non-hydrogen) atoms. The van der Waals surface area contributed by atoms with Gasteiger partial charge in [-0.2, -0.15) is 18.3 Å². The van der Waals surface area contributed by atoms with Crippen molar-refractivity contribution in [1.82, 2.24) is 5.32 Å². The lowest BCUT2D eigenvalue weighted by atomic mass is 10.1. The van der Waals surface area contributed by atoms with Gasteiger partial charge >= 0.3 is 12.1 Å². The number of carboxylic acids is 1. The predicted octanol–water partition coefficient (Wildman–Crippen LogP) is 2.31. The van der Waals surface area contributed by atoms with Gasteiger partial charge in [-0.3, -0.25) is 9.59 Å². The molecule has 1 aromatic rings. The number of carboxylic acid groups (broad SMARTS) is 1. The van der Waals surface area contributed by atoms with Gasteiger partial charge in [0.05, 0.1) is 12.1 Å². The van der Waals surface area contributed by atoms with E-state index in [4.69, 9.17) is 5.11 Å². The Balaban J connectivity index is 2.26. The average Bonchev–Trinajstić information content (AvgIpc) is 2.55. The Kier molecular flexibility index (Phi) is 5.87. The number of carbonyl (C=O) groups excluding carboxylic acids is 2. The lowest BCUT2D eigenvalue weighted by molar-refractivity contribution is -0.159. The summed E-state index contributed by atoms with van der Waals surface area (Å²) in [5.41, 5.74) is 1.82. The summed E-state index contributed by atoms with van der Waals surface area (Å²) in [5.74, 6) is -3.22. The number of anilines is 1. The number of amides is 2. The van der Waals surface area contributed by atoms with Gasteiger partial charge in [0.1, 0.15) is 11.8 Å². The van der Waals surface area contributed by atoms with Crippen LogP contribution in [0.2, 0.25) is 0 Å². The fourth-order valence-electron chi connectivity index (χ4n) is 2.53. The van der Waals surface area contributed by atoms with Crippen LogP contribution in [0.4, 0.5) is 18.9 Å². The molecule has 0 radical (unpaired) electrons. The number of benzene rings is 1.